The highest BCUT2D eigenvalue weighted by atomic mass is 16.5. The third-order valence-corrected chi connectivity index (χ3v) is 2.21. The van der Waals surface area contributed by atoms with Crippen molar-refractivity contribution in [1.29, 1.82) is 0 Å². The van der Waals surface area contributed by atoms with Gasteiger partial charge in [-0.2, -0.15) is 4.98 Å². The molecule has 0 spiro atoms. The van der Waals surface area contributed by atoms with Crippen molar-refractivity contribution in [1.82, 2.24) is 10.1 Å². The molecule has 1 aromatic heterocycles. The Morgan fingerprint density at radius 2 is 2.33 bits per heavy atom. The van der Waals surface area contributed by atoms with E-state index in [-0.39, 0.29) is 11.7 Å². The normalized spacial score (nSPS) is 12.7. The minimum Gasteiger partial charge on any atom is -0.384 e. The summed E-state index contributed by atoms with van der Waals surface area (Å²) in [7, 11) is 1.62. The molecule has 0 saturated heterocycles. The SMILES string of the molecule is CCC(C(C)=O)c1nc(CCOC)no1. The molecule has 0 amide bonds. The highest BCUT2D eigenvalue weighted by molar-refractivity contribution is 5.82. The van der Waals surface area contributed by atoms with Crippen molar-refractivity contribution in [3.8, 4) is 0 Å². The van der Waals surface area contributed by atoms with Crippen LogP contribution in [-0.4, -0.2) is 29.6 Å². The van der Waals surface area contributed by atoms with Crippen LogP contribution in [0.3, 0.4) is 0 Å². The predicted octanol–water partition coefficient (Wildman–Crippen LogP) is 1.34. The van der Waals surface area contributed by atoms with Crippen molar-refractivity contribution >= 4 is 5.78 Å². The van der Waals surface area contributed by atoms with E-state index in [9.17, 15) is 4.79 Å². The summed E-state index contributed by atoms with van der Waals surface area (Å²) in [5.74, 6) is 0.788. The first kappa shape index (κ1) is 11.8. The monoisotopic (exact) mass is 212 g/mol. The highest BCUT2D eigenvalue weighted by Crippen LogP contribution is 2.18. The number of carbonyl (C=O) groups excluding carboxylic acids is 1. The summed E-state index contributed by atoms with van der Waals surface area (Å²) in [5.41, 5.74) is 0. The molecular weight excluding hydrogens is 196 g/mol. The quantitative estimate of drug-likeness (QED) is 0.712. The lowest BCUT2D eigenvalue weighted by atomic mass is 10.0. The Hall–Kier alpha value is -1.23. The van der Waals surface area contributed by atoms with Gasteiger partial charge in [-0.25, -0.2) is 0 Å². The van der Waals surface area contributed by atoms with Crippen LogP contribution in [0.4, 0.5) is 0 Å². The standard InChI is InChI=1S/C10H16N2O3/c1-4-8(7(2)13)10-11-9(12-15-10)5-6-14-3/h8H,4-6H2,1-3H3. The van der Waals surface area contributed by atoms with Gasteiger partial charge in [0.2, 0.25) is 5.89 Å². The van der Waals surface area contributed by atoms with E-state index < -0.39 is 0 Å². The average Bonchev–Trinajstić information content (AvgIpc) is 2.64. The number of ketones is 1. The maximum atomic E-state index is 11.2. The Labute approximate surface area is 88.8 Å². The number of aromatic nitrogens is 2. The van der Waals surface area contributed by atoms with Gasteiger partial charge in [0.1, 0.15) is 5.78 Å². The van der Waals surface area contributed by atoms with E-state index in [1.807, 2.05) is 6.92 Å². The molecule has 0 N–H and O–H groups in total. The molecular formula is C10H16N2O3. The number of methoxy groups -OCH3 is 1. The molecule has 0 aromatic carbocycles. The van der Waals surface area contributed by atoms with E-state index in [0.29, 0.717) is 31.2 Å². The molecule has 0 fully saturated rings. The number of rotatable bonds is 6. The molecule has 1 atom stereocenters. The fourth-order valence-corrected chi connectivity index (χ4v) is 1.34. The summed E-state index contributed by atoms with van der Waals surface area (Å²) >= 11 is 0. The molecule has 0 radical (unpaired) electrons. The van der Waals surface area contributed by atoms with Gasteiger partial charge in [0.05, 0.1) is 12.5 Å². The summed E-state index contributed by atoms with van der Waals surface area (Å²) < 4.78 is 9.94. The van der Waals surface area contributed by atoms with Gasteiger partial charge in [-0.15, -0.1) is 0 Å². The lowest BCUT2D eigenvalue weighted by Gasteiger charge is -2.03. The molecule has 1 rings (SSSR count). The van der Waals surface area contributed by atoms with Crippen LogP contribution in [0, 0.1) is 0 Å². The first-order chi connectivity index (χ1) is 7.19. The van der Waals surface area contributed by atoms with Gasteiger partial charge < -0.3 is 9.26 Å². The predicted molar refractivity (Wildman–Crippen MR) is 53.6 cm³/mol. The maximum absolute atomic E-state index is 11.2. The van der Waals surface area contributed by atoms with Crippen molar-refractivity contribution in [3.63, 3.8) is 0 Å². The number of hydrogen-bond acceptors (Lipinski definition) is 5. The van der Waals surface area contributed by atoms with E-state index in [1.54, 1.807) is 7.11 Å². The second-order valence-corrected chi connectivity index (χ2v) is 3.36. The minimum atomic E-state index is -0.270. The fraction of sp³-hybridized carbons (Fsp3) is 0.700. The minimum absolute atomic E-state index is 0.0550. The van der Waals surface area contributed by atoms with Crippen molar-refractivity contribution in [2.45, 2.75) is 32.6 Å². The summed E-state index contributed by atoms with van der Waals surface area (Å²) in [5, 5.41) is 3.79. The molecule has 0 saturated carbocycles. The lowest BCUT2D eigenvalue weighted by molar-refractivity contribution is -0.119. The van der Waals surface area contributed by atoms with Crippen LogP contribution in [0.1, 0.15) is 37.9 Å². The van der Waals surface area contributed by atoms with Gasteiger partial charge in [0.25, 0.3) is 0 Å². The topological polar surface area (TPSA) is 65.2 Å². The molecule has 15 heavy (non-hydrogen) atoms. The molecule has 1 unspecified atom stereocenters. The zero-order chi connectivity index (χ0) is 11.3. The summed E-state index contributed by atoms with van der Waals surface area (Å²) in [6, 6.07) is 0. The van der Waals surface area contributed by atoms with Crippen LogP contribution in [0.15, 0.2) is 4.52 Å². The van der Waals surface area contributed by atoms with E-state index in [0.717, 1.165) is 0 Å². The second kappa shape index (κ2) is 5.60. The Bertz CT molecular complexity index is 322. The summed E-state index contributed by atoms with van der Waals surface area (Å²) in [6.07, 6.45) is 1.29. The lowest BCUT2D eigenvalue weighted by Crippen LogP contribution is -2.08. The number of carbonyl (C=O) groups is 1. The molecule has 84 valence electrons. The zero-order valence-corrected chi connectivity index (χ0v) is 9.32. The Morgan fingerprint density at radius 3 is 2.87 bits per heavy atom. The summed E-state index contributed by atoms with van der Waals surface area (Å²) in [4.78, 5) is 15.4. The fourth-order valence-electron chi connectivity index (χ4n) is 1.34. The molecule has 0 aliphatic rings. The molecule has 5 heteroatoms. The van der Waals surface area contributed by atoms with Gasteiger partial charge in [-0.05, 0) is 13.3 Å². The summed E-state index contributed by atoms with van der Waals surface area (Å²) in [6.45, 7) is 4.01. The molecule has 0 aliphatic carbocycles. The van der Waals surface area contributed by atoms with E-state index in [1.165, 1.54) is 6.92 Å². The molecule has 5 nitrogen and oxygen atoms in total. The highest BCUT2D eigenvalue weighted by Gasteiger charge is 2.21. The third-order valence-electron chi connectivity index (χ3n) is 2.21. The first-order valence-corrected chi connectivity index (χ1v) is 5.00. The van der Waals surface area contributed by atoms with E-state index in [2.05, 4.69) is 10.1 Å². The van der Waals surface area contributed by atoms with Gasteiger partial charge in [-0.3, -0.25) is 4.79 Å². The molecule has 1 aromatic rings. The molecule has 0 bridgehead atoms. The van der Waals surface area contributed by atoms with Crippen molar-refractivity contribution < 1.29 is 14.1 Å². The van der Waals surface area contributed by atoms with Gasteiger partial charge in [-0.1, -0.05) is 12.1 Å². The van der Waals surface area contributed by atoms with Crippen LogP contribution in [0.5, 0.6) is 0 Å². The number of nitrogens with zero attached hydrogens (tertiary/aromatic N) is 2. The van der Waals surface area contributed by atoms with Crippen LogP contribution in [0.25, 0.3) is 0 Å². The van der Waals surface area contributed by atoms with E-state index in [4.69, 9.17) is 9.26 Å². The Morgan fingerprint density at radius 1 is 1.60 bits per heavy atom. The average molecular weight is 212 g/mol. The van der Waals surface area contributed by atoms with Crippen LogP contribution < -0.4 is 0 Å². The van der Waals surface area contributed by atoms with E-state index >= 15 is 0 Å². The Balaban J connectivity index is 2.69. The third kappa shape index (κ3) is 3.13. The smallest absolute Gasteiger partial charge is 0.237 e. The van der Waals surface area contributed by atoms with Gasteiger partial charge in [0.15, 0.2) is 5.82 Å². The number of Topliss-reactive ketones (excluding diaryl/α,β-unsaturated/α-hetero) is 1. The van der Waals surface area contributed by atoms with Crippen molar-refractivity contribution in [3.05, 3.63) is 11.7 Å². The largest absolute Gasteiger partial charge is 0.384 e. The molecule has 1 heterocycles. The van der Waals surface area contributed by atoms with Crippen molar-refractivity contribution in [2.75, 3.05) is 13.7 Å². The number of ether oxygens (including phenoxy) is 1. The van der Waals surface area contributed by atoms with Gasteiger partial charge in [0, 0.05) is 13.5 Å². The zero-order valence-electron chi connectivity index (χ0n) is 9.32. The maximum Gasteiger partial charge on any atom is 0.237 e. The van der Waals surface area contributed by atoms with Crippen LogP contribution in [-0.2, 0) is 16.0 Å². The van der Waals surface area contributed by atoms with Crippen molar-refractivity contribution in [2.24, 2.45) is 0 Å². The number of hydrogen-bond donors (Lipinski definition) is 0. The molecule has 0 aliphatic heterocycles. The van der Waals surface area contributed by atoms with Crippen LogP contribution in [0.2, 0.25) is 0 Å². The first-order valence-electron chi connectivity index (χ1n) is 5.00. The van der Waals surface area contributed by atoms with Gasteiger partial charge >= 0.3 is 0 Å². The van der Waals surface area contributed by atoms with Crippen LogP contribution >= 0.6 is 0 Å². The second-order valence-electron chi connectivity index (χ2n) is 3.36. The Kier molecular flexibility index (Phi) is 4.42.